The van der Waals surface area contributed by atoms with Crippen molar-refractivity contribution >= 4 is 5.78 Å². The standard InChI is InChI=1S/C16H11F3O2/c1-10-7-8-13-12(9-10)14(20)15(17,18)16(19,21-13)11-5-3-2-4-6-11/h2-9H,1H3. The molecule has 0 aromatic heterocycles. The van der Waals surface area contributed by atoms with Gasteiger partial charge in [-0.2, -0.15) is 13.2 Å². The molecule has 3 rings (SSSR count). The molecule has 2 aromatic carbocycles. The van der Waals surface area contributed by atoms with Gasteiger partial charge in [-0.15, -0.1) is 0 Å². The van der Waals surface area contributed by atoms with Crippen molar-refractivity contribution < 1.29 is 22.7 Å². The number of halogens is 3. The second-order valence-electron chi connectivity index (χ2n) is 4.97. The van der Waals surface area contributed by atoms with Crippen LogP contribution in [0.25, 0.3) is 0 Å². The van der Waals surface area contributed by atoms with Crippen molar-refractivity contribution in [2.75, 3.05) is 0 Å². The van der Waals surface area contributed by atoms with Crippen LogP contribution in [0.15, 0.2) is 48.5 Å². The van der Waals surface area contributed by atoms with Crippen LogP contribution in [-0.4, -0.2) is 11.7 Å². The molecule has 0 aliphatic carbocycles. The Labute approximate surface area is 119 Å². The van der Waals surface area contributed by atoms with Crippen molar-refractivity contribution in [1.82, 2.24) is 0 Å². The van der Waals surface area contributed by atoms with E-state index in [1.165, 1.54) is 36.4 Å². The summed E-state index contributed by atoms with van der Waals surface area (Å²) in [6, 6.07) is 10.9. The summed E-state index contributed by atoms with van der Waals surface area (Å²) in [5.74, 6) is -9.55. The predicted molar refractivity (Wildman–Crippen MR) is 70.3 cm³/mol. The molecule has 0 fully saturated rings. The lowest BCUT2D eigenvalue weighted by molar-refractivity contribution is -0.222. The molecule has 0 saturated carbocycles. The molecule has 2 aromatic rings. The van der Waals surface area contributed by atoms with Gasteiger partial charge in [-0.25, -0.2) is 0 Å². The third kappa shape index (κ3) is 1.84. The second-order valence-corrected chi connectivity index (χ2v) is 4.97. The molecule has 0 saturated heterocycles. The Hall–Kier alpha value is -2.30. The van der Waals surface area contributed by atoms with Gasteiger partial charge in [0, 0.05) is 5.56 Å². The van der Waals surface area contributed by atoms with Crippen molar-refractivity contribution in [3.05, 3.63) is 65.2 Å². The van der Waals surface area contributed by atoms with E-state index in [1.54, 1.807) is 19.1 Å². The fraction of sp³-hybridized carbons (Fsp3) is 0.188. The van der Waals surface area contributed by atoms with Gasteiger partial charge in [-0.1, -0.05) is 42.0 Å². The number of hydrogen-bond acceptors (Lipinski definition) is 2. The van der Waals surface area contributed by atoms with Crippen LogP contribution in [0.3, 0.4) is 0 Å². The number of Topliss-reactive ketones (excluding diaryl/α,β-unsaturated/α-hetero) is 1. The highest BCUT2D eigenvalue weighted by atomic mass is 19.3. The molecule has 108 valence electrons. The summed E-state index contributed by atoms with van der Waals surface area (Å²) in [7, 11) is 0. The number of rotatable bonds is 1. The minimum absolute atomic E-state index is 0.178. The zero-order chi connectivity index (χ0) is 15.3. The van der Waals surface area contributed by atoms with E-state index in [2.05, 4.69) is 0 Å². The minimum Gasteiger partial charge on any atom is -0.448 e. The van der Waals surface area contributed by atoms with Crippen LogP contribution in [0.2, 0.25) is 0 Å². The average Bonchev–Trinajstić information content (AvgIpc) is 2.47. The van der Waals surface area contributed by atoms with Crippen LogP contribution < -0.4 is 4.74 Å². The van der Waals surface area contributed by atoms with Crippen molar-refractivity contribution in [2.24, 2.45) is 0 Å². The van der Waals surface area contributed by atoms with Crippen molar-refractivity contribution in [3.8, 4) is 5.75 Å². The summed E-state index contributed by atoms with van der Waals surface area (Å²) in [6.45, 7) is 1.65. The zero-order valence-corrected chi connectivity index (χ0v) is 11.1. The average molecular weight is 292 g/mol. The maximum absolute atomic E-state index is 14.9. The van der Waals surface area contributed by atoms with E-state index >= 15 is 0 Å². The second kappa shape index (κ2) is 4.35. The minimum atomic E-state index is -4.30. The van der Waals surface area contributed by atoms with Gasteiger partial charge < -0.3 is 4.74 Å². The van der Waals surface area contributed by atoms with Crippen molar-refractivity contribution in [3.63, 3.8) is 0 Å². The number of carbonyl (C=O) groups is 1. The van der Waals surface area contributed by atoms with Gasteiger partial charge >= 0.3 is 11.8 Å². The normalized spacial score (nSPS) is 23.3. The van der Waals surface area contributed by atoms with Crippen LogP contribution in [0, 0.1) is 6.92 Å². The van der Waals surface area contributed by atoms with Gasteiger partial charge in [0.15, 0.2) is 0 Å². The Bertz CT molecular complexity index is 713. The molecule has 1 heterocycles. The molecule has 0 N–H and O–H groups in total. The highest BCUT2D eigenvalue weighted by Gasteiger charge is 2.67. The van der Waals surface area contributed by atoms with Gasteiger partial charge in [0.25, 0.3) is 0 Å². The molecule has 0 radical (unpaired) electrons. The highest BCUT2D eigenvalue weighted by molar-refractivity contribution is 6.05. The number of aryl methyl sites for hydroxylation is 1. The molecule has 0 amide bonds. The summed E-state index contributed by atoms with van der Waals surface area (Å²) in [4.78, 5) is 12.0. The zero-order valence-electron chi connectivity index (χ0n) is 11.1. The first-order valence-corrected chi connectivity index (χ1v) is 6.33. The summed E-state index contributed by atoms with van der Waals surface area (Å²) in [5.41, 5.74) is -0.0775. The lowest BCUT2D eigenvalue weighted by Crippen LogP contribution is -2.54. The van der Waals surface area contributed by atoms with Gasteiger partial charge in [0.05, 0.1) is 5.56 Å². The number of hydrogen-bond donors (Lipinski definition) is 0. The number of carbonyl (C=O) groups excluding carboxylic acids is 1. The van der Waals surface area contributed by atoms with Crippen LogP contribution in [0.1, 0.15) is 21.5 Å². The Morgan fingerprint density at radius 2 is 1.67 bits per heavy atom. The van der Waals surface area contributed by atoms with Gasteiger partial charge in [-0.05, 0) is 19.1 Å². The largest absolute Gasteiger partial charge is 0.448 e. The van der Waals surface area contributed by atoms with Crippen LogP contribution >= 0.6 is 0 Å². The fourth-order valence-electron chi connectivity index (χ4n) is 2.33. The van der Waals surface area contributed by atoms with Crippen LogP contribution in [0.4, 0.5) is 13.2 Å². The Morgan fingerprint density at radius 1 is 1.00 bits per heavy atom. The van der Waals surface area contributed by atoms with E-state index in [0.717, 1.165) is 0 Å². The Balaban J connectivity index is 2.21. The Kier molecular flexibility index (Phi) is 2.83. The molecule has 0 spiro atoms. The molecular formula is C16H11F3O2. The monoisotopic (exact) mass is 292 g/mol. The fourth-order valence-corrected chi connectivity index (χ4v) is 2.33. The van der Waals surface area contributed by atoms with Crippen LogP contribution in [0.5, 0.6) is 5.75 Å². The molecule has 1 atom stereocenters. The quantitative estimate of drug-likeness (QED) is 0.793. The van der Waals surface area contributed by atoms with Gasteiger partial charge in [0.2, 0.25) is 5.78 Å². The summed E-state index contributed by atoms with van der Waals surface area (Å²) < 4.78 is 48.4. The van der Waals surface area contributed by atoms with Crippen LogP contribution in [-0.2, 0) is 5.85 Å². The summed E-state index contributed by atoms with van der Waals surface area (Å²) >= 11 is 0. The predicted octanol–water partition coefficient (Wildman–Crippen LogP) is 4.03. The number of ether oxygens (including phenoxy) is 1. The van der Waals surface area contributed by atoms with Crippen molar-refractivity contribution in [1.29, 1.82) is 0 Å². The molecule has 2 nitrogen and oxygen atoms in total. The number of alkyl halides is 3. The molecule has 1 unspecified atom stereocenters. The van der Waals surface area contributed by atoms with E-state index in [1.807, 2.05) is 0 Å². The maximum Gasteiger partial charge on any atom is 0.382 e. The number of ketones is 1. The first-order valence-electron chi connectivity index (χ1n) is 6.33. The summed E-state index contributed by atoms with van der Waals surface area (Å²) in [5, 5.41) is 0. The first kappa shape index (κ1) is 13.7. The van der Waals surface area contributed by atoms with Crippen molar-refractivity contribution in [2.45, 2.75) is 18.7 Å². The lowest BCUT2D eigenvalue weighted by Gasteiger charge is -2.37. The SMILES string of the molecule is Cc1ccc2c(c1)C(=O)C(F)(F)C(F)(c1ccccc1)O2. The third-order valence-electron chi connectivity index (χ3n) is 3.46. The lowest BCUT2D eigenvalue weighted by atomic mass is 9.90. The molecule has 1 aliphatic heterocycles. The van der Waals surface area contributed by atoms with Gasteiger partial charge in [0.1, 0.15) is 5.75 Å². The molecule has 5 heteroatoms. The topological polar surface area (TPSA) is 26.3 Å². The van der Waals surface area contributed by atoms with E-state index < -0.39 is 23.1 Å². The van der Waals surface area contributed by atoms with E-state index in [-0.39, 0.29) is 11.3 Å². The highest BCUT2D eigenvalue weighted by Crippen LogP contribution is 2.49. The maximum atomic E-state index is 14.9. The molecule has 1 aliphatic rings. The number of benzene rings is 2. The third-order valence-corrected chi connectivity index (χ3v) is 3.46. The summed E-state index contributed by atoms with van der Waals surface area (Å²) in [6.07, 6.45) is 0. The molecule has 0 bridgehead atoms. The van der Waals surface area contributed by atoms with E-state index in [4.69, 9.17) is 4.74 Å². The molecule has 21 heavy (non-hydrogen) atoms. The number of fused-ring (bicyclic) bond motifs is 1. The first-order chi connectivity index (χ1) is 9.86. The molecular weight excluding hydrogens is 281 g/mol. The Morgan fingerprint density at radius 3 is 2.33 bits per heavy atom. The van der Waals surface area contributed by atoms with Gasteiger partial charge in [-0.3, -0.25) is 4.79 Å². The smallest absolute Gasteiger partial charge is 0.382 e. The van der Waals surface area contributed by atoms with E-state index in [0.29, 0.717) is 5.56 Å². The van der Waals surface area contributed by atoms with E-state index in [9.17, 15) is 18.0 Å².